The number of benzene rings is 3. The van der Waals surface area contributed by atoms with Crippen molar-refractivity contribution in [3.05, 3.63) is 103 Å². The molecular formula is C30H27N5O4. The second-order valence-corrected chi connectivity index (χ2v) is 9.99. The molecule has 0 aliphatic carbocycles. The van der Waals surface area contributed by atoms with E-state index in [0.717, 1.165) is 11.1 Å². The predicted molar refractivity (Wildman–Crippen MR) is 150 cm³/mol. The van der Waals surface area contributed by atoms with Gasteiger partial charge in [0.2, 0.25) is 0 Å². The molecule has 9 nitrogen and oxygen atoms in total. The number of pyridine rings is 1. The third-order valence-electron chi connectivity index (χ3n) is 6.00. The molecule has 196 valence electrons. The quantitative estimate of drug-likeness (QED) is 0.225. The molecule has 0 atom stereocenters. The number of hydrogen-bond acceptors (Lipinski definition) is 5. The van der Waals surface area contributed by atoms with Gasteiger partial charge in [-0.3, -0.25) is 10.3 Å². The highest BCUT2D eigenvalue weighted by molar-refractivity contribution is 6.05. The van der Waals surface area contributed by atoms with Crippen molar-refractivity contribution in [3.8, 4) is 17.2 Å². The summed E-state index contributed by atoms with van der Waals surface area (Å²) >= 11 is 0. The van der Waals surface area contributed by atoms with Gasteiger partial charge in [0.1, 0.15) is 17.3 Å². The number of amides is 2. The van der Waals surface area contributed by atoms with E-state index in [1.54, 1.807) is 77.7 Å². The van der Waals surface area contributed by atoms with Crippen LogP contribution in [0.3, 0.4) is 0 Å². The first-order valence-corrected chi connectivity index (χ1v) is 12.3. The standard InChI is InChI=1S/C30H27N5O4/c1-30(2,3)26-17-27(35(34-26)21-14-19-8-4-5-12-24(19)25(16-21)28(36)37)33-29(38)32-20-9-6-10-22(15-20)39-23-11-7-13-31-18-23/h4-18H,1-3H3,(H,36,37)(H2,32,33,38). The monoisotopic (exact) mass is 521 g/mol. The van der Waals surface area contributed by atoms with Crippen molar-refractivity contribution in [1.29, 1.82) is 0 Å². The Labute approximate surface area is 225 Å². The Balaban J connectivity index is 1.45. The normalized spacial score (nSPS) is 11.3. The van der Waals surface area contributed by atoms with Crippen molar-refractivity contribution in [2.75, 3.05) is 10.6 Å². The first-order valence-electron chi connectivity index (χ1n) is 12.3. The number of urea groups is 1. The lowest BCUT2D eigenvalue weighted by Crippen LogP contribution is -2.21. The lowest BCUT2D eigenvalue weighted by molar-refractivity contribution is 0.0699. The van der Waals surface area contributed by atoms with Crippen molar-refractivity contribution in [3.63, 3.8) is 0 Å². The van der Waals surface area contributed by atoms with Gasteiger partial charge in [-0.1, -0.05) is 51.1 Å². The van der Waals surface area contributed by atoms with Crippen LogP contribution in [0, 0.1) is 0 Å². The number of fused-ring (bicyclic) bond motifs is 1. The molecule has 0 spiro atoms. The van der Waals surface area contributed by atoms with Crippen LogP contribution in [-0.2, 0) is 5.41 Å². The molecule has 0 bridgehead atoms. The molecule has 0 unspecified atom stereocenters. The fourth-order valence-electron chi connectivity index (χ4n) is 4.09. The van der Waals surface area contributed by atoms with Crippen LogP contribution in [0.4, 0.5) is 16.3 Å². The number of nitrogens with zero attached hydrogens (tertiary/aromatic N) is 3. The van der Waals surface area contributed by atoms with Crippen LogP contribution < -0.4 is 15.4 Å². The Hall–Kier alpha value is -5.18. The van der Waals surface area contributed by atoms with E-state index < -0.39 is 12.0 Å². The summed E-state index contributed by atoms with van der Waals surface area (Å²) < 4.78 is 7.36. The van der Waals surface area contributed by atoms with Crippen LogP contribution in [0.15, 0.2) is 91.3 Å². The summed E-state index contributed by atoms with van der Waals surface area (Å²) in [5.41, 5.74) is 1.60. The number of nitrogens with one attached hydrogen (secondary N) is 2. The highest BCUT2D eigenvalue weighted by Gasteiger charge is 2.23. The van der Waals surface area contributed by atoms with E-state index in [2.05, 4.69) is 15.6 Å². The van der Waals surface area contributed by atoms with Crippen LogP contribution >= 0.6 is 0 Å². The number of carboxylic acid groups (broad SMARTS) is 1. The smallest absolute Gasteiger partial charge is 0.336 e. The number of carbonyl (C=O) groups excluding carboxylic acids is 1. The van der Waals surface area contributed by atoms with E-state index in [4.69, 9.17) is 9.84 Å². The predicted octanol–water partition coefficient (Wildman–Crippen LogP) is 6.85. The summed E-state index contributed by atoms with van der Waals surface area (Å²) in [7, 11) is 0. The van der Waals surface area contributed by atoms with Crippen molar-refractivity contribution in [2.45, 2.75) is 26.2 Å². The lowest BCUT2D eigenvalue weighted by Gasteiger charge is -2.14. The molecule has 5 aromatic rings. The second-order valence-electron chi connectivity index (χ2n) is 9.99. The number of carboxylic acids is 1. The Morgan fingerprint density at radius 3 is 2.44 bits per heavy atom. The van der Waals surface area contributed by atoms with Gasteiger partial charge in [-0.15, -0.1) is 0 Å². The summed E-state index contributed by atoms with van der Waals surface area (Å²) in [6, 6.07) is 22.5. The highest BCUT2D eigenvalue weighted by atomic mass is 16.5. The van der Waals surface area contributed by atoms with Crippen LogP contribution in [0.2, 0.25) is 0 Å². The van der Waals surface area contributed by atoms with Crippen LogP contribution in [0.1, 0.15) is 36.8 Å². The second kappa shape index (κ2) is 10.3. The van der Waals surface area contributed by atoms with Crippen LogP contribution in [-0.4, -0.2) is 31.9 Å². The van der Waals surface area contributed by atoms with Crippen LogP contribution in [0.25, 0.3) is 16.5 Å². The van der Waals surface area contributed by atoms with Gasteiger partial charge in [0, 0.05) is 29.4 Å². The topological polar surface area (TPSA) is 118 Å². The van der Waals surface area contributed by atoms with Gasteiger partial charge in [0.05, 0.1) is 23.1 Å². The Morgan fingerprint density at radius 2 is 1.69 bits per heavy atom. The molecule has 0 saturated heterocycles. The van der Waals surface area contributed by atoms with E-state index in [0.29, 0.717) is 34.1 Å². The lowest BCUT2D eigenvalue weighted by atomic mass is 9.92. The Morgan fingerprint density at radius 1 is 0.897 bits per heavy atom. The number of hydrogen-bond donors (Lipinski definition) is 3. The Bertz CT molecular complexity index is 1670. The molecule has 0 radical (unpaired) electrons. The fourth-order valence-corrected chi connectivity index (χ4v) is 4.09. The summed E-state index contributed by atoms with van der Waals surface area (Å²) in [4.78, 5) is 29.2. The van der Waals surface area contributed by atoms with Gasteiger partial charge in [-0.25, -0.2) is 14.3 Å². The van der Waals surface area contributed by atoms with Crippen molar-refractivity contribution >= 4 is 34.3 Å². The minimum absolute atomic E-state index is 0.150. The average Bonchev–Trinajstić information content (AvgIpc) is 3.33. The first-order chi connectivity index (χ1) is 18.7. The maximum Gasteiger partial charge on any atom is 0.336 e. The summed E-state index contributed by atoms with van der Waals surface area (Å²) in [5, 5.41) is 21.7. The van der Waals surface area contributed by atoms with Gasteiger partial charge >= 0.3 is 12.0 Å². The maximum atomic E-state index is 13.1. The van der Waals surface area contributed by atoms with E-state index in [-0.39, 0.29) is 11.0 Å². The summed E-state index contributed by atoms with van der Waals surface area (Å²) in [6.45, 7) is 6.04. The molecule has 9 heteroatoms. The third-order valence-corrected chi connectivity index (χ3v) is 6.00. The largest absolute Gasteiger partial charge is 0.478 e. The minimum atomic E-state index is -1.04. The molecule has 3 aromatic carbocycles. The fraction of sp³-hybridized carbons (Fsp3) is 0.133. The molecule has 0 aliphatic rings. The van der Waals surface area contributed by atoms with Gasteiger partial charge in [0.25, 0.3) is 0 Å². The van der Waals surface area contributed by atoms with E-state index in [9.17, 15) is 14.7 Å². The summed E-state index contributed by atoms with van der Waals surface area (Å²) in [5.74, 6) is 0.468. The Kier molecular flexibility index (Phi) is 6.72. The molecule has 2 heterocycles. The molecule has 2 aromatic heterocycles. The number of rotatable bonds is 6. The van der Waals surface area contributed by atoms with E-state index in [1.165, 1.54) is 0 Å². The number of anilines is 2. The zero-order valence-corrected chi connectivity index (χ0v) is 21.7. The highest BCUT2D eigenvalue weighted by Crippen LogP contribution is 2.30. The van der Waals surface area contributed by atoms with Crippen molar-refractivity contribution in [2.24, 2.45) is 0 Å². The third kappa shape index (κ3) is 5.72. The zero-order valence-electron chi connectivity index (χ0n) is 21.7. The van der Waals surface area contributed by atoms with Crippen LogP contribution in [0.5, 0.6) is 11.5 Å². The number of aromatic nitrogens is 3. The van der Waals surface area contributed by atoms with Gasteiger partial charge in [-0.2, -0.15) is 5.10 Å². The zero-order chi connectivity index (χ0) is 27.6. The summed E-state index contributed by atoms with van der Waals surface area (Å²) in [6.07, 6.45) is 3.26. The minimum Gasteiger partial charge on any atom is -0.478 e. The molecule has 0 saturated carbocycles. The average molecular weight is 522 g/mol. The number of aromatic carboxylic acids is 1. The van der Waals surface area contributed by atoms with Gasteiger partial charge < -0.3 is 15.2 Å². The molecular weight excluding hydrogens is 494 g/mol. The number of carbonyl (C=O) groups is 2. The van der Waals surface area contributed by atoms with Crippen molar-refractivity contribution < 1.29 is 19.4 Å². The van der Waals surface area contributed by atoms with Gasteiger partial charge in [0.15, 0.2) is 0 Å². The van der Waals surface area contributed by atoms with Gasteiger partial charge in [-0.05, 0) is 47.2 Å². The molecule has 0 aliphatic heterocycles. The molecule has 2 amide bonds. The molecule has 0 fully saturated rings. The SMILES string of the molecule is CC(C)(C)c1cc(NC(=O)Nc2cccc(Oc3cccnc3)c2)n(-c2cc(C(=O)O)c3ccccc3c2)n1. The van der Waals surface area contributed by atoms with E-state index in [1.807, 2.05) is 39.0 Å². The van der Waals surface area contributed by atoms with E-state index >= 15 is 0 Å². The maximum absolute atomic E-state index is 13.1. The molecule has 39 heavy (non-hydrogen) atoms. The van der Waals surface area contributed by atoms with Crippen molar-refractivity contribution in [1.82, 2.24) is 14.8 Å². The number of ether oxygens (including phenoxy) is 1. The first kappa shape index (κ1) is 25.5. The molecule has 3 N–H and O–H groups in total. The molecule has 5 rings (SSSR count).